The molecule has 6 aliphatic rings. The summed E-state index contributed by atoms with van der Waals surface area (Å²) in [7, 11) is -5.37. The quantitative estimate of drug-likeness (QED) is 0.363. The van der Waals surface area contributed by atoms with Crippen LogP contribution in [0.5, 0.6) is 0 Å². The molecule has 4 saturated carbocycles. The molecule has 0 radical (unpaired) electrons. The van der Waals surface area contributed by atoms with E-state index in [0.29, 0.717) is 31.5 Å². The number of para-hydroxylation sites is 1. The van der Waals surface area contributed by atoms with Crippen molar-refractivity contribution in [3.63, 3.8) is 0 Å². The molecule has 0 spiro atoms. The molecule has 1 N–H and O–H groups in total. The van der Waals surface area contributed by atoms with Crippen molar-refractivity contribution in [2.24, 2.45) is 23.2 Å². The molecule has 1 aromatic carbocycles. The number of morpholine rings is 1. The van der Waals surface area contributed by atoms with E-state index in [-0.39, 0.29) is 30.0 Å². The fourth-order valence-corrected chi connectivity index (χ4v) is 9.96. The maximum Gasteiger partial charge on any atom is 0.477 e. The molecule has 3 heterocycles. The van der Waals surface area contributed by atoms with Crippen LogP contribution in [0.4, 0.5) is 0 Å². The Morgan fingerprint density at radius 2 is 1.93 bits per heavy atom. The first-order valence-electron chi connectivity index (χ1n) is 15.4. The number of fused-ring (bicyclic) bond motifs is 1. The fourth-order valence-electron chi connectivity index (χ4n) is 9.07. The molecule has 2 bridgehead atoms. The molecular weight excluding hydrogens is 543 g/mol. The topological polar surface area (TPSA) is 102 Å². The van der Waals surface area contributed by atoms with Gasteiger partial charge < -0.3 is 18.5 Å². The SMILES string of the molecule is CC1(C)[C@@H]2C[C@H]3OB([C@H](Cc4coc5ccccc45)N(CC4CCCC4N4CCOCC4)S(=O)(=O)O)O[C@@]3(C)[C@H]1C2. The van der Waals surface area contributed by atoms with E-state index in [1.54, 1.807) is 6.26 Å². The number of furan rings is 1. The van der Waals surface area contributed by atoms with Gasteiger partial charge in [0.15, 0.2) is 0 Å². The monoisotopic (exact) mass is 586 g/mol. The largest absolute Gasteiger partial charge is 0.477 e. The van der Waals surface area contributed by atoms with E-state index in [1.165, 1.54) is 4.31 Å². The van der Waals surface area contributed by atoms with Crippen LogP contribution >= 0.6 is 0 Å². The Labute approximate surface area is 243 Å². The molecule has 2 unspecified atom stereocenters. The summed E-state index contributed by atoms with van der Waals surface area (Å²) in [6.45, 7) is 10.1. The van der Waals surface area contributed by atoms with Gasteiger partial charge in [-0.15, -0.1) is 0 Å². The van der Waals surface area contributed by atoms with Crippen molar-refractivity contribution in [3.05, 3.63) is 36.1 Å². The number of nitrogens with zero attached hydrogens (tertiary/aromatic N) is 2. The maximum atomic E-state index is 13.3. The van der Waals surface area contributed by atoms with Gasteiger partial charge in [0, 0.05) is 31.1 Å². The minimum Gasteiger partial charge on any atom is -0.464 e. The normalized spacial score (nSPS) is 36.0. The number of hydrogen-bond donors (Lipinski definition) is 1. The first-order valence-corrected chi connectivity index (χ1v) is 16.8. The summed E-state index contributed by atoms with van der Waals surface area (Å²) >= 11 is 0. The van der Waals surface area contributed by atoms with Gasteiger partial charge in [0.05, 0.1) is 37.1 Å². The van der Waals surface area contributed by atoms with E-state index in [1.807, 2.05) is 24.3 Å². The highest BCUT2D eigenvalue weighted by Gasteiger charge is 2.69. The lowest BCUT2D eigenvalue weighted by Crippen LogP contribution is -2.65. The zero-order valence-electron chi connectivity index (χ0n) is 24.4. The van der Waals surface area contributed by atoms with Gasteiger partial charge >= 0.3 is 17.4 Å². The summed E-state index contributed by atoms with van der Waals surface area (Å²) in [6, 6.07) is 8.04. The van der Waals surface area contributed by atoms with Crippen LogP contribution in [0.15, 0.2) is 34.9 Å². The van der Waals surface area contributed by atoms with E-state index < -0.39 is 29.0 Å². The summed E-state index contributed by atoms with van der Waals surface area (Å²) in [5.41, 5.74) is 1.30. The van der Waals surface area contributed by atoms with Crippen LogP contribution in [0.1, 0.15) is 58.4 Å². The molecule has 8 rings (SSSR count). The van der Waals surface area contributed by atoms with Gasteiger partial charge in [-0.1, -0.05) is 38.5 Å². The average Bonchev–Trinajstić information content (AvgIpc) is 3.66. The van der Waals surface area contributed by atoms with Crippen molar-refractivity contribution in [2.45, 2.75) is 83.0 Å². The summed E-state index contributed by atoms with van der Waals surface area (Å²) in [6.07, 6.45) is 6.92. The van der Waals surface area contributed by atoms with Crippen molar-refractivity contribution in [1.29, 1.82) is 0 Å². The Morgan fingerprint density at radius 3 is 2.68 bits per heavy atom. The predicted octanol–water partition coefficient (Wildman–Crippen LogP) is 4.22. The number of benzene rings is 1. The van der Waals surface area contributed by atoms with E-state index in [2.05, 4.69) is 25.7 Å². The Morgan fingerprint density at radius 1 is 1.15 bits per heavy atom. The second-order valence-corrected chi connectivity index (χ2v) is 15.2. The second-order valence-electron chi connectivity index (χ2n) is 13.8. The molecule has 2 aromatic rings. The molecular formula is C30H43BN2O7S. The molecule has 2 aliphatic heterocycles. The van der Waals surface area contributed by atoms with Gasteiger partial charge in [-0.05, 0) is 73.8 Å². The third-order valence-corrected chi connectivity index (χ3v) is 12.5. The Kier molecular flexibility index (Phi) is 7.13. The lowest BCUT2D eigenvalue weighted by molar-refractivity contribution is -0.199. The van der Waals surface area contributed by atoms with Crippen LogP contribution in [-0.4, -0.2) is 85.8 Å². The lowest BCUT2D eigenvalue weighted by atomic mass is 9.43. The Balaban J connectivity index is 1.22. The van der Waals surface area contributed by atoms with Gasteiger partial charge in [-0.2, -0.15) is 12.7 Å². The van der Waals surface area contributed by atoms with Crippen LogP contribution in [0, 0.1) is 23.2 Å². The predicted molar refractivity (Wildman–Crippen MR) is 156 cm³/mol. The molecule has 4 aliphatic carbocycles. The first-order chi connectivity index (χ1) is 19.6. The molecule has 0 amide bonds. The van der Waals surface area contributed by atoms with Gasteiger partial charge in [0.2, 0.25) is 0 Å². The van der Waals surface area contributed by atoms with Crippen LogP contribution in [0.2, 0.25) is 0 Å². The molecule has 2 saturated heterocycles. The van der Waals surface area contributed by atoms with Gasteiger partial charge in [0.1, 0.15) is 5.58 Å². The third-order valence-electron chi connectivity index (χ3n) is 11.5. The van der Waals surface area contributed by atoms with E-state index in [9.17, 15) is 13.0 Å². The third kappa shape index (κ3) is 4.80. The van der Waals surface area contributed by atoms with E-state index in [0.717, 1.165) is 61.7 Å². The first kappa shape index (κ1) is 28.3. The van der Waals surface area contributed by atoms with Gasteiger partial charge in [0.25, 0.3) is 0 Å². The minimum atomic E-state index is -4.58. The highest BCUT2D eigenvalue weighted by Crippen LogP contribution is 2.66. The van der Waals surface area contributed by atoms with Gasteiger partial charge in [-0.3, -0.25) is 9.45 Å². The number of rotatable bonds is 8. The lowest BCUT2D eigenvalue weighted by Gasteiger charge is -2.64. The smallest absolute Gasteiger partial charge is 0.464 e. The Bertz CT molecular complexity index is 1380. The molecule has 7 atom stereocenters. The number of hydrogen-bond acceptors (Lipinski definition) is 7. The molecule has 41 heavy (non-hydrogen) atoms. The number of ether oxygens (including phenoxy) is 1. The van der Waals surface area contributed by atoms with E-state index >= 15 is 0 Å². The van der Waals surface area contributed by atoms with Crippen LogP contribution in [0.3, 0.4) is 0 Å². The summed E-state index contributed by atoms with van der Waals surface area (Å²) in [5.74, 6) is 0.290. The zero-order valence-corrected chi connectivity index (χ0v) is 25.2. The molecule has 1 aromatic heterocycles. The van der Waals surface area contributed by atoms with Gasteiger partial charge in [-0.25, -0.2) is 0 Å². The fraction of sp³-hybridized carbons (Fsp3) is 0.733. The standard InChI is InChI=1S/C30H43BN2O7S/c1-29(2)22-16-26(29)30(3)27(17-22)39-31(40-30)28(15-21-19-38-25-10-5-4-8-23(21)25)33(41(34,35)36)18-20-7-6-9-24(20)32-11-13-37-14-12-32/h4-5,8,10,19-20,22,24,26-28H,6-7,9,11-18H2,1-3H3,(H,34,35,36)/t20?,22-,24?,26-,27+,28-,30-/m0/s1. The van der Waals surface area contributed by atoms with Crippen molar-refractivity contribution in [2.75, 3.05) is 32.8 Å². The van der Waals surface area contributed by atoms with Crippen LogP contribution in [-0.2, 0) is 30.8 Å². The molecule has 6 fully saturated rings. The second kappa shape index (κ2) is 10.3. The molecule has 9 nitrogen and oxygen atoms in total. The summed E-state index contributed by atoms with van der Waals surface area (Å²) < 4.78 is 63.6. The van der Waals surface area contributed by atoms with Crippen molar-refractivity contribution in [3.8, 4) is 0 Å². The minimum absolute atomic E-state index is 0.0938. The van der Waals surface area contributed by atoms with Crippen LogP contribution < -0.4 is 0 Å². The average molecular weight is 587 g/mol. The van der Waals surface area contributed by atoms with Crippen molar-refractivity contribution < 1.29 is 31.4 Å². The summed E-state index contributed by atoms with van der Waals surface area (Å²) in [4.78, 5) is 2.44. The Hall–Kier alpha value is -1.47. The van der Waals surface area contributed by atoms with Crippen molar-refractivity contribution in [1.82, 2.24) is 9.21 Å². The maximum absolute atomic E-state index is 13.3. The highest BCUT2D eigenvalue weighted by atomic mass is 32.2. The zero-order chi connectivity index (χ0) is 28.6. The molecule has 11 heteroatoms. The van der Waals surface area contributed by atoms with Crippen molar-refractivity contribution >= 4 is 28.4 Å². The van der Waals surface area contributed by atoms with E-state index in [4.69, 9.17) is 18.5 Å². The summed E-state index contributed by atoms with van der Waals surface area (Å²) in [5, 5.41) is 0.935. The molecule has 224 valence electrons. The highest BCUT2D eigenvalue weighted by molar-refractivity contribution is 7.83. The van der Waals surface area contributed by atoms with Crippen LogP contribution in [0.25, 0.3) is 11.0 Å².